The Bertz CT molecular complexity index is 286. The summed E-state index contributed by atoms with van der Waals surface area (Å²) in [6.45, 7) is 0.868. The zero-order chi connectivity index (χ0) is 9.84. The first-order chi connectivity index (χ1) is 6.09. The Labute approximate surface area is 86.7 Å². The van der Waals surface area contributed by atoms with E-state index in [-0.39, 0.29) is 5.82 Å². The van der Waals surface area contributed by atoms with Crippen LogP contribution in [0.4, 0.5) is 4.39 Å². The Hall–Kier alpha value is -0.410. The summed E-state index contributed by atoms with van der Waals surface area (Å²) in [7, 11) is 3.96. The zero-order valence-corrected chi connectivity index (χ0v) is 9.44. The minimum absolute atomic E-state index is 0.120. The minimum atomic E-state index is -0.120. The molecule has 1 aromatic carbocycles. The highest BCUT2D eigenvalue weighted by Crippen LogP contribution is 2.15. The van der Waals surface area contributed by atoms with Crippen molar-refractivity contribution in [2.24, 2.45) is 0 Å². The number of halogens is 2. The molecule has 0 spiro atoms. The van der Waals surface area contributed by atoms with Gasteiger partial charge in [0.1, 0.15) is 5.82 Å². The van der Waals surface area contributed by atoms with Gasteiger partial charge in [0.25, 0.3) is 0 Å². The van der Waals surface area contributed by atoms with Gasteiger partial charge in [-0.05, 0) is 44.3 Å². The van der Waals surface area contributed by atoms with E-state index in [0.29, 0.717) is 0 Å². The van der Waals surface area contributed by atoms with Crippen molar-refractivity contribution in [3.63, 3.8) is 0 Å². The minimum Gasteiger partial charge on any atom is -0.309 e. The van der Waals surface area contributed by atoms with Crippen LogP contribution in [0, 0.1) is 5.82 Å². The van der Waals surface area contributed by atoms with Crippen molar-refractivity contribution in [1.82, 2.24) is 4.90 Å². The lowest BCUT2D eigenvalue weighted by atomic mass is 10.1. The summed E-state index contributed by atoms with van der Waals surface area (Å²) in [6.07, 6.45) is 0.748. The van der Waals surface area contributed by atoms with Crippen LogP contribution in [-0.4, -0.2) is 25.5 Å². The summed E-state index contributed by atoms with van der Waals surface area (Å²) < 4.78 is 14.1. The summed E-state index contributed by atoms with van der Waals surface area (Å²) in [6, 6.07) is 5.04. The van der Waals surface area contributed by atoms with Crippen molar-refractivity contribution in [2.75, 3.05) is 20.6 Å². The molecule has 0 unspecified atom stereocenters. The molecule has 0 aliphatic carbocycles. The Morgan fingerprint density at radius 1 is 1.38 bits per heavy atom. The van der Waals surface area contributed by atoms with Crippen molar-refractivity contribution < 1.29 is 4.39 Å². The maximum Gasteiger partial charge on any atom is 0.126 e. The molecule has 0 fully saturated rings. The fourth-order valence-corrected chi connectivity index (χ4v) is 1.49. The topological polar surface area (TPSA) is 3.24 Å². The van der Waals surface area contributed by atoms with E-state index < -0.39 is 0 Å². The second kappa shape index (κ2) is 4.72. The van der Waals surface area contributed by atoms with Crippen molar-refractivity contribution >= 4 is 15.9 Å². The predicted molar refractivity (Wildman–Crippen MR) is 56.4 cm³/mol. The summed E-state index contributed by atoms with van der Waals surface area (Å²) >= 11 is 3.32. The average Bonchev–Trinajstić information content (AvgIpc) is 2.06. The van der Waals surface area contributed by atoms with Gasteiger partial charge in [0, 0.05) is 11.0 Å². The normalized spacial score (nSPS) is 10.8. The SMILES string of the molecule is CN(C)CCc1cc(Br)ccc1F. The van der Waals surface area contributed by atoms with Crippen molar-refractivity contribution in [2.45, 2.75) is 6.42 Å². The van der Waals surface area contributed by atoms with Gasteiger partial charge in [-0.2, -0.15) is 0 Å². The number of benzene rings is 1. The quantitative estimate of drug-likeness (QED) is 0.792. The maximum atomic E-state index is 13.2. The number of rotatable bonds is 3. The Morgan fingerprint density at radius 2 is 2.08 bits per heavy atom. The Morgan fingerprint density at radius 3 is 2.69 bits per heavy atom. The molecule has 1 aromatic rings. The fraction of sp³-hybridized carbons (Fsp3) is 0.400. The first kappa shape index (κ1) is 10.7. The van der Waals surface area contributed by atoms with E-state index >= 15 is 0 Å². The molecule has 0 saturated carbocycles. The molecule has 13 heavy (non-hydrogen) atoms. The van der Waals surface area contributed by atoms with Crippen LogP contribution in [0.25, 0.3) is 0 Å². The lowest BCUT2D eigenvalue weighted by molar-refractivity contribution is 0.410. The van der Waals surface area contributed by atoms with Gasteiger partial charge in [-0.1, -0.05) is 15.9 Å². The van der Waals surface area contributed by atoms with Crippen LogP contribution in [0.1, 0.15) is 5.56 Å². The monoisotopic (exact) mass is 245 g/mol. The first-order valence-electron chi connectivity index (χ1n) is 4.18. The van der Waals surface area contributed by atoms with Crippen LogP contribution in [0.15, 0.2) is 22.7 Å². The second-order valence-electron chi connectivity index (χ2n) is 3.29. The molecule has 0 radical (unpaired) electrons. The highest BCUT2D eigenvalue weighted by atomic mass is 79.9. The van der Waals surface area contributed by atoms with E-state index in [0.717, 1.165) is 23.0 Å². The molecule has 0 aliphatic rings. The number of hydrogen-bond acceptors (Lipinski definition) is 1. The lowest BCUT2D eigenvalue weighted by Crippen LogP contribution is -2.15. The van der Waals surface area contributed by atoms with Crippen LogP contribution in [0.3, 0.4) is 0 Å². The molecule has 0 saturated heterocycles. The third-order valence-corrected chi connectivity index (χ3v) is 2.33. The summed E-state index contributed by atoms with van der Waals surface area (Å²) in [4.78, 5) is 2.04. The molecule has 3 heteroatoms. The molecule has 0 heterocycles. The molecule has 1 rings (SSSR count). The van der Waals surface area contributed by atoms with Gasteiger partial charge in [-0.25, -0.2) is 4.39 Å². The van der Waals surface area contributed by atoms with Crippen molar-refractivity contribution in [3.8, 4) is 0 Å². The molecular formula is C10H13BrFN. The Kier molecular flexibility index (Phi) is 3.88. The fourth-order valence-electron chi connectivity index (χ4n) is 1.08. The van der Waals surface area contributed by atoms with Crippen LogP contribution < -0.4 is 0 Å². The van der Waals surface area contributed by atoms with Gasteiger partial charge < -0.3 is 4.90 Å². The van der Waals surface area contributed by atoms with Gasteiger partial charge in [0.05, 0.1) is 0 Å². The van der Waals surface area contributed by atoms with Crippen molar-refractivity contribution in [1.29, 1.82) is 0 Å². The van der Waals surface area contributed by atoms with Gasteiger partial charge in [-0.15, -0.1) is 0 Å². The van der Waals surface area contributed by atoms with Crippen molar-refractivity contribution in [3.05, 3.63) is 34.1 Å². The van der Waals surface area contributed by atoms with E-state index in [2.05, 4.69) is 15.9 Å². The zero-order valence-electron chi connectivity index (χ0n) is 7.85. The molecule has 0 aromatic heterocycles. The third-order valence-electron chi connectivity index (χ3n) is 1.84. The number of nitrogens with zero attached hydrogens (tertiary/aromatic N) is 1. The second-order valence-corrected chi connectivity index (χ2v) is 4.20. The average molecular weight is 246 g/mol. The van der Waals surface area contributed by atoms with Gasteiger partial charge >= 0.3 is 0 Å². The largest absolute Gasteiger partial charge is 0.309 e. The van der Waals surface area contributed by atoms with Crippen LogP contribution >= 0.6 is 15.9 Å². The Balaban J connectivity index is 2.70. The van der Waals surface area contributed by atoms with E-state index in [1.165, 1.54) is 6.07 Å². The predicted octanol–water partition coefficient (Wildman–Crippen LogP) is 2.69. The lowest BCUT2D eigenvalue weighted by Gasteiger charge is -2.09. The van der Waals surface area contributed by atoms with Gasteiger partial charge in [0.2, 0.25) is 0 Å². The molecule has 0 aliphatic heterocycles. The van der Waals surface area contributed by atoms with E-state index in [4.69, 9.17) is 0 Å². The summed E-state index contributed by atoms with van der Waals surface area (Å²) in [5.41, 5.74) is 0.767. The van der Waals surface area contributed by atoms with Gasteiger partial charge in [-0.3, -0.25) is 0 Å². The van der Waals surface area contributed by atoms with E-state index in [9.17, 15) is 4.39 Å². The van der Waals surface area contributed by atoms with Crippen LogP contribution in [-0.2, 0) is 6.42 Å². The maximum absolute atomic E-state index is 13.2. The highest BCUT2D eigenvalue weighted by molar-refractivity contribution is 9.10. The highest BCUT2D eigenvalue weighted by Gasteiger charge is 2.02. The molecular weight excluding hydrogens is 233 g/mol. The van der Waals surface area contributed by atoms with Crippen LogP contribution in [0.5, 0.6) is 0 Å². The van der Waals surface area contributed by atoms with Crippen LogP contribution in [0.2, 0.25) is 0 Å². The summed E-state index contributed by atoms with van der Waals surface area (Å²) in [5.74, 6) is -0.120. The standard InChI is InChI=1S/C10H13BrFN/c1-13(2)6-5-8-7-9(11)3-4-10(8)12/h3-4,7H,5-6H2,1-2H3. The first-order valence-corrected chi connectivity index (χ1v) is 4.97. The molecule has 0 N–H and O–H groups in total. The molecule has 0 atom stereocenters. The molecule has 1 nitrogen and oxygen atoms in total. The smallest absolute Gasteiger partial charge is 0.126 e. The molecule has 0 bridgehead atoms. The third kappa shape index (κ3) is 3.44. The number of likely N-dealkylation sites (N-methyl/N-ethyl adjacent to an activating group) is 1. The molecule has 0 amide bonds. The van der Waals surface area contributed by atoms with E-state index in [1.54, 1.807) is 6.07 Å². The summed E-state index contributed by atoms with van der Waals surface area (Å²) in [5, 5.41) is 0. The van der Waals surface area contributed by atoms with Gasteiger partial charge in [0.15, 0.2) is 0 Å². The number of hydrogen-bond donors (Lipinski definition) is 0. The molecule has 72 valence electrons. The van der Waals surface area contributed by atoms with E-state index in [1.807, 2.05) is 25.1 Å².